The zero-order chi connectivity index (χ0) is 18.9. The minimum absolute atomic E-state index is 0.123. The zero-order valence-corrected chi connectivity index (χ0v) is 15.6. The average molecular weight is 380 g/mol. The lowest BCUT2D eigenvalue weighted by atomic mass is 10.1. The molecule has 1 unspecified atom stereocenters. The molecular weight excluding hydrogens is 357 g/mol. The average Bonchev–Trinajstić information content (AvgIpc) is 2.60. The van der Waals surface area contributed by atoms with Crippen molar-refractivity contribution in [3.63, 3.8) is 0 Å². The highest BCUT2D eigenvalue weighted by molar-refractivity contribution is 6.30. The molecule has 26 heavy (non-hydrogen) atoms. The summed E-state index contributed by atoms with van der Waals surface area (Å²) >= 11 is 5.80. The molecule has 0 bridgehead atoms. The van der Waals surface area contributed by atoms with Gasteiger partial charge in [0.1, 0.15) is 18.2 Å². The van der Waals surface area contributed by atoms with Crippen molar-refractivity contribution < 1.29 is 13.9 Å². The first-order valence-corrected chi connectivity index (χ1v) is 8.65. The van der Waals surface area contributed by atoms with Crippen LogP contribution in [0.4, 0.5) is 9.18 Å². The van der Waals surface area contributed by atoms with Crippen LogP contribution in [0.15, 0.2) is 48.5 Å². The summed E-state index contributed by atoms with van der Waals surface area (Å²) < 4.78 is 18.9. The van der Waals surface area contributed by atoms with Gasteiger partial charge in [0.25, 0.3) is 0 Å². The van der Waals surface area contributed by atoms with E-state index in [-0.39, 0.29) is 17.9 Å². The van der Waals surface area contributed by atoms with Crippen LogP contribution in [0.1, 0.15) is 11.6 Å². The number of likely N-dealkylation sites (N-methyl/N-ethyl adjacent to an activating group) is 1. The predicted octanol–water partition coefficient (Wildman–Crippen LogP) is 3.46. The van der Waals surface area contributed by atoms with Crippen molar-refractivity contribution in [1.82, 2.24) is 15.5 Å². The fourth-order valence-corrected chi connectivity index (χ4v) is 2.55. The molecule has 0 saturated heterocycles. The van der Waals surface area contributed by atoms with Crippen LogP contribution in [-0.2, 0) is 0 Å². The maximum atomic E-state index is 13.4. The molecule has 0 aliphatic rings. The van der Waals surface area contributed by atoms with Gasteiger partial charge in [-0.3, -0.25) is 0 Å². The van der Waals surface area contributed by atoms with Gasteiger partial charge in [-0.15, -0.1) is 0 Å². The monoisotopic (exact) mass is 379 g/mol. The summed E-state index contributed by atoms with van der Waals surface area (Å²) in [6, 6.07) is 13.0. The van der Waals surface area contributed by atoms with Crippen molar-refractivity contribution in [1.29, 1.82) is 0 Å². The van der Waals surface area contributed by atoms with Crippen molar-refractivity contribution in [2.24, 2.45) is 0 Å². The molecule has 0 saturated carbocycles. The van der Waals surface area contributed by atoms with Crippen molar-refractivity contribution in [3.05, 3.63) is 64.9 Å². The molecule has 2 N–H and O–H groups in total. The molecule has 0 radical (unpaired) electrons. The van der Waals surface area contributed by atoms with Crippen LogP contribution in [0.2, 0.25) is 5.02 Å². The Kier molecular flexibility index (Phi) is 7.69. The van der Waals surface area contributed by atoms with E-state index in [1.54, 1.807) is 30.3 Å². The lowest BCUT2D eigenvalue weighted by Gasteiger charge is -2.25. The molecule has 2 aromatic rings. The molecule has 1 atom stereocenters. The largest absolute Gasteiger partial charge is 0.492 e. The highest BCUT2D eigenvalue weighted by Crippen LogP contribution is 2.18. The van der Waals surface area contributed by atoms with Crippen LogP contribution >= 0.6 is 11.6 Å². The lowest BCUT2D eigenvalue weighted by molar-refractivity contribution is 0.229. The third-order valence-corrected chi connectivity index (χ3v) is 4.03. The van der Waals surface area contributed by atoms with Gasteiger partial charge >= 0.3 is 6.03 Å². The highest BCUT2D eigenvalue weighted by Gasteiger charge is 2.15. The van der Waals surface area contributed by atoms with Gasteiger partial charge in [0, 0.05) is 11.6 Å². The lowest BCUT2D eigenvalue weighted by Crippen LogP contribution is -2.41. The molecule has 0 aliphatic carbocycles. The third-order valence-electron chi connectivity index (χ3n) is 3.78. The minimum atomic E-state index is -0.298. The van der Waals surface area contributed by atoms with E-state index < -0.39 is 0 Å². The van der Waals surface area contributed by atoms with Crippen molar-refractivity contribution in [3.8, 4) is 5.75 Å². The van der Waals surface area contributed by atoms with Crippen LogP contribution < -0.4 is 15.4 Å². The van der Waals surface area contributed by atoms with E-state index in [2.05, 4.69) is 10.6 Å². The normalized spacial score (nSPS) is 11.9. The number of ether oxygens (including phenoxy) is 1. The van der Waals surface area contributed by atoms with Crippen molar-refractivity contribution in [2.75, 3.05) is 33.8 Å². The SMILES string of the molecule is CN(C)C(CNC(=O)NCCOc1ccc(Cl)cc1)c1cccc(F)c1. The van der Waals surface area contributed by atoms with Crippen LogP contribution in [0.25, 0.3) is 0 Å². The van der Waals surface area contributed by atoms with E-state index in [0.29, 0.717) is 30.5 Å². The number of hydrogen-bond donors (Lipinski definition) is 2. The smallest absolute Gasteiger partial charge is 0.314 e. The quantitative estimate of drug-likeness (QED) is 0.691. The van der Waals surface area contributed by atoms with Crippen molar-refractivity contribution >= 4 is 17.6 Å². The first-order chi connectivity index (χ1) is 12.5. The maximum Gasteiger partial charge on any atom is 0.314 e. The molecule has 7 heteroatoms. The summed E-state index contributed by atoms with van der Waals surface area (Å²) in [4.78, 5) is 13.9. The second kappa shape index (κ2) is 9.99. The number of halogens is 2. The number of nitrogens with zero attached hydrogens (tertiary/aromatic N) is 1. The number of carbonyl (C=O) groups excluding carboxylic acids is 1. The first kappa shape index (κ1) is 20.0. The Morgan fingerprint density at radius 2 is 1.92 bits per heavy atom. The summed E-state index contributed by atoms with van der Waals surface area (Å²) in [6.07, 6.45) is 0. The Hall–Kier alpha value is -2.31. The van der Waals surface area contributed by atoms with Gasteiger partial charge in [-0.05, 0) is 56.1 Å². The molecule has 140 valence electrons. The van der Waals surface area contributed by atoms with Gasteiger partial charge in [0.2, 0.25) is 0 Å². The van der Waals surface area contributed by atoms with E-state index in [1.165, 1.54) is 12.1 Å². The molecule has 2 amide bonds. The van der Waals surface area contributed by atoms with E-state index in [0.717, 1.165) is 5.56 Å². The number of rotatable bonds is 8. The number of benzene rings is 2. The fraction of sp³-hybridized carbons (Fsp3) is 0.316. The summed E-state index contributed by atoms with van der Waals surface area (Å²) in [5.41, 5.74) is 0.807. The van der Waals surface area contributed by atoms with E-state index in [1.807, 2.05) is 25.1 Å². The minimum Gasteiger partial charge on any atom is -0.492 e. The Balaban J connectivity index is 1.73. The molecule has 2 rings (SSSR count). The Morgan fingerprint density at radius 3 is 2.58 bits per heavy atom. The van der Waals surface area contributed by atoms with E-state index >= 15 is 0 Å². The Labute approximate surface area is 158 Å². The summed E-state index contributed by atoms with van der Waals surface area (Å²) in [7, 11) is 3.77. The van der Waals surface area contributed by atoms with Crippen molar-refractivity contribution in [2.45, 2.75) is 6.04 Å². The summed E-state index contributed by atoms with van der Waals surface area (Å²) in [6.45, 7) is 1.07. The highest BCUT2D eigenvalue weighted by atomic mass is 35.5. The van der Waals surface area contributed by atoms with Gasteiger partial charge in [0.05, 0.1) is 12.6 Å². The van der Waals surface area contributed by atoms with Gasteiger partial charge in [-0.25, -0.2) is 9.18 Å². The van der Waals surface area contributed by atoms with Crippen LogP contribution in [0, 0.1) is 5.82 Å². The molecule has 0 aromatic heterocycles. The van der Waals surface area contributed by atoms with Gasteiger partial charge in [-0.1, -0.05) is 23.7 Å². The standard InChI is InChI=1S/C19H23ClFN3O2/c1-24(2)18(14-4-3-5-16(21)12-14)13-23-19(25)22-10-11-26-17-8-6-15(20)7-9-17/h3-9,12,18H,10-11,13H2,1-2H3,(H2,22,23,25). The summed E-state index contributed by atoms with van der Waals surface area (Å²) in [5.74, 6) is 0.397. The molecular formula is C19H23ClFN3O2. The number of amides is 2. The molecule has 0 fully saturated rings. The molecule has 5 nitrogen and oxygen atoms in total. The third kappa shape index (κ3) is 6.54. The maximum absolute atomic E-state index is 13.4. The first-order valence-electron chi connectivity index (χ1n) is 8.27. The zero-order valence-electron chi connectivity index (χ0n) is 14.8. The second-order valence-corrected chi connectivity index (χ2v) is 6.41. The van der Waals surface area contributed by atoms with Gasteiger partial charge in [0.15, 0.2) is 0 Å². The van der Waals surface area contributed by atoms with Crippen LogP contribution in [0.5, 0.6) is 5.75 Å². The molecule has 0 spiro atoms. The number of hydrogen-bond acceptors (Lipinski definition) is 3. The van der Waals surface area contributed by atoms with E-state index in [9.17, 15) is 9.18 Å². The number of carbonyl (C=O) groups is 1. The van der Waals surface area contributed by atoms with E-state index in [4.69, 9.17) is 16.3 Å². The summed E-state index contributed by atoms with van der Waals surface area (Å²) in [5, 5.41) is 6.17. The molecule has 2 aromatic carbocycles. The van der Waals surface area contributed by atoms with Gasteiger partial charge < -0.3 is 20.3 Å². The Bertz CT molecular complexity index is 710. The second-order valence-electron chi connectivity index (χ2n) is 5.97. The fourth-order valence-electron chi connectivity index (χ4n) is 2.43. The topological polar surface area (TPSA) is 53.6 Å². The van der Waals surface area contributed by atoms with Gasteiger partial charge in [-0.2, -0.15) is 0 Å². The Morgan fingerprint density at radius 1 is 1.19 bits per heavy atom. The van der Waals surface area contributed by atoms with Crippen LogP contribution in [-0.4, -0.2) is 44.7 Å². The number of nitrogens with one attached hydrogen (secondary N) is 2. The van der Waals surface area contributed by atoms with Crippen LogP contribution in [0.3, 0.4) is 0 Å². The molecule has 0 aliphatic heterocycles. The predicted molar refractivity (Wildman–Crippen MR) is 101 cm³/mol. The number of urea groups is 1. The molecule has 0 heterocycles.